The van der Waals surface area contributed by atoms with Crippen LogP contribution in [0, 0.1) is 0 Å². The van der Waals surface area contributed by atoms with Crippen molar-refractivity contribution in [3.8, 4) is 0 Å². The first-order valence-corrected chi connectivity index (χ1v) is 6.74. The zero-order chi connectivity index (χ0) is 14.8. The first-order valence-electron chi connectivity index (χ1n) is 6.74. The van der Waals surface area contributed by atoms with Crippen LogP contribution in [0.5, 0.6) is 0 Å². The zero-order valence-electron chi connectivity index (χ0n) is 11.4. The molecule has 3 N–H and O–H groups in total. The lowest BCUT2D eigenvalue weighted by Crippen LogP contribution is -2.46. The van der Waals surface area contributed by atoms with E-state index in [1.165, 1.54) is 11.1 Å². The van der Waals surface area contributed by atoms with Crippen LogP contribution in [0.15, 0.2) is 24.8 Å². The van der Waals surface area contributed by atoms with Crippen LogP contribution in [0.1, 0.15) is 16.8 Å². The number of nitrogens with one attached hydrogen (secondary N) is 1. The third kappa shape index (κ3) is 2.57. The second kappa shape index (κ2) is 5.49. The van der Waals surface area contributed by atoms with Crippen LogP contribution in [-0.2, 0) is 4.79 Å². The van der Waals surface area contributed by atoms with E-state index in [1.54, 1.807) is 23.1 Å². The van der Waals surface area contributed by atoms with Gasteiger partial charge in [0.2, 0.25) is 5.91 Å². The van der Waals surface area contributed by atoms with Crippen LogP contribution >= 0.6 is 0 Å². The number of nitrogens with zero attached hydrogens (tertiary/aromatic N) is 4. The third-order valence-electron chi connectivity index (χ3n) is 3.62. The molecule has 1 fully saturated rings. The highest BCUT2D eigenvalue weighted by atomic mass is 16.2. The molecule has 0 saturated carbocycles. The van der Waals surface area contributed by atoms with E-state index in [0.717, 1.165) is 13.0 Å². The second-order valence-electron chi connectivity index (χ2n) is 5.01. The van der Waals surface area contributed by atoms with E-state index in [4.69, 9.17) is 5.73 Å². The van der Waals surface area contributed by atoms with Crippen molar-refractivity contribution in [1.29, 1.82) is 0 Å². The van der Waals surface area contributed by atoms with Crippen molar-refractivity contribution in [2.75, 3.05) is 19.6 Å². The molecule has 8 nitrogen and oxygen atoms in total. The first kappa shape index (κ1) is 13.5. The van der Waals surface area contributed by atoms with E-state index >= 15 is 0 Å². The van der Waals surface area contributed by atoms with E-state index in [-0.39, 0.29) is 18.5 Å². The van der Waals surface area contributed by atoms with Gasteiger partial charge in [-0.2, -0.15) is 5.10 Å². The van der Waals surface area contributed by atoms with E-state index in [9.17, 15) is 9.59 Å². The largest absolute Gasteiger partial charge is 0.368 e. The molecule has 2 aromatic heterocycles. The Kier molecular flexibility index (Phi) is 3.53. The predicted octanol–water partition coefficient (Wildman–Crippen LogP) is -0.981. The highest BCUT2D eigenvalue weighted by Crippen LogP contribution is 2.16. The molecule has 0 spiro atoms. The number of primary amides is 1. The van der Waals surface area contributed by atoms with Crippen LogP contribution < -0.4 is 11.1 Å². The van der Waals surface area contributed by atoms with Crippen molar-refractivity contribution >= 4 is 17.3 Å². The molecule has 8 heteroatoms. The molecule has 1 saturated heterocycles. The summed E-state index contributed by atoms with van der Waals surface area (Å²) in [6.45, 7) is 1.39. The molecule has 0 aliphatic carbocycles. The number of nitrogens with two attached hydrogens (primary N) is 1. The van der Waals surface area contributed by atoms with Crippen molar-refractivity contribution in [3.63, 3.8) is 0 Å². The standard InChI is InChI=1S/C13H16N6O2/c14-12(20)8-18(9-1-2-15-5-9)13(21)10-6-17-19-4-3-16-7-11(10)19/h3-4,6-7,9,15H,1-2,5,8H2,(H2,14,20). The van der Waals surface area contributed by atoms with Crippen LogP contribution in [0.4, 0.5) is 0 Å². The number of carbonyl (C=O) groups excluding carboxylic acids is 2. The molecule has 2 aromatic rings. The monoisotopic (exact) mass is 288 g/mol. The maximum atomic E-state index is 12.8. The number of amides is 2. The van der Waals surface area contributed by atoms with E-state index in [1.807, 2.05) is 0 Å². The Bertz CT molecular complexity index is 676. The summed E-state index contributed by atoms with van der Waals surface area (Å²) in [5.41, 5.74) is 6.32. The minimum atomic E-state index is -0.523. The van der Waals surface area contributed by atoms with Gasteiger partial charge in [0.05, 0.1) is 30.0 Å². The van der Waals surface area contributed by atoms with Crippen LogP contribution in [0.2, 0.25) is 0 Å². The van der Waals surface area contributed by atoms with Gasteiger partial charge in [-0.3, -0.25) is 14.6 Å². The topological polar surface area (TPSA) is 106 Å². The fraction of sp³-hybridized carbons (Fsp3) is 0.385. The summed E-state index contributed by atoms with van der Waals surface area (Å²) in [6, 6.07) is -0.0309. The Morgan fingerprint density at radius 2 is 2.33 bits per heavy atom. The summed E-state index contributed by atoms with van der Waals surface area (Å²) < 4.78 is 1.58. The smallest absolute Gasteiger partial charge is 0.258 e. The average Bonchev–Trinajstić information content (AvgIpc) is 3.13. The Morgan fingerprint density at radius 1 is 1.48 bits per heavy atom. The Hall–Kier alpha value is -2.48. The SMILES string of the molecule is NC(=O)CN(C(=O)c1cnn2ccncc12)C1CCNC1. The zero-order valence-corrected chi connectivity index (χ0v) is 11.4. The molecule has 1 atom stereocenters. The highest BCUT2D eigenvalue weighted by molar-refractivity contribution is 6.02. The molecular formula is C13H16N6O2. The van der Waals surface area contributed by atoms with Gasteiger partial charge in [-0.25, -0.2) is 4.52 Å². The normalized spacial score (nSPS) is 18.0. The van der Waals surface area contributed by atoms with Crippen LogP contribution in [-0.4, -0.2) is 57.0 Å². The lowest BCUT2D eigenvalue weighted by atomic mass is 10.1. The molecule has 1 unspecified atom stereocenters. The molecule has 1 aliphatic heterocycles. The summed E-state index contributed by atoms with van der Waals surface area (Å²) >= 11 is 0. The van der Waals surface area contributed by atoms with Gasteiger partial charge in [-0.15, -0.1) is 0 Å². The van der Waals surface area contributed by atoms with Crippen LogP contribution in [0.25, 0.3) is 5.52 Å². The Balaban J connectivity index is 1.94. The van der Waals surface area contributed by atoms with Gasteiger partial charge in [0, 0.05) is 25.0 Å². The molecule has 2 amide bonds. The quantitative estimate of drug-likeness (QED) is 0.752. The number of carbonyl (C=O) groups is 2. The molecule has 21 heavy (non-hydrogen) atoms. The Labute approximate surface area is 120 Å². The molecule has 1 aliphatic rings. The number of hydrogen-bond acceptors (Lipinski definition) is 5. The molecule has 0 aromatic carbocycles. The molecular weight excluding hydrogens is 272 g/mol. The second-order valence-corrected chi connectivity index (χ2v) is 5.01. The van der Waals surface area contributed by atoms with Crippen molar-refractivity contribution < 1.29 is 9.59 Å². The molecule has 0 bridgehead atoms. The molecule has 0 radical (unpaired) electrons. The summed E-state index contributed by atoms with van der Waals surface area (Å²) in [4.78, 5) is 29.6. The maximum absolute atomic E-state index is 12.8. The summed E-state index contributed by atoms with van der Waals surface area (Å²) in [5, 5.41) is 7.31. The number of aromatic nitrogens is 3. The Morgan fingerprint density at radius 3 is 3.05 bits per heavy atom. The average molecular weight is 288 g/mol. The number of hydrogen-bond donors (Lipinski definition) is 2. The van der Waals surface area contributed by atoms with Crippen molar-refractivity contribution in [1.82, 2.24) is 24.8 Å². The van der Waals surface area contributed by atoms with Gasteiger partial charge in [0.25, 0.3) is 5.91 Å². The maximum Gasteiger partial charge on any atom is 0.258 e. The minimum absolute atomic E-state index is 0.0309. The van der Waals surface area contributed by atoms with E-state index in [0.29, 0.717) is 17.6 Å². The van der Waals surface area contributed by atoms with E-state index in [2.05, 4.69) is 15.4 Å². The molecule has 110 valence electrons. The van der Waals surface area contributed by atoms with Gasteiger partial charge in [-0.1, -0.05) is 0 Å². The summed E-state index contributed by atoms with van der Waals surface area (Å²) in [5.74, 6) is -0.768. The lowest BCUT2D eigenvalue weighted by molar-refractivity contribution is -0.119. The fourth-order valence-electron chi connectivity index (χ4n) is 2.59. The van der Waals surface area contributed by atoms with Gasteiger partial charge < -0.3 is 16.0 Å². The lowest BCUT2D eigenvalue weighted by Gasteiger charge is -2.26. The summed E-state index contributed by atoms with van der Waals surface area (Å²) in [7, 11) is 0. The third-order valence-corrected chi connectivity index (χ3v) is 3.62. The molecule has 3 rings (SSSR count). The minimum Gasteiger partial charge on any atom is -0.368 e. The van der Waals surface area contributed by atoms with Crippen LogP contribution in [0.3, 0.4) is 0 Å². The number of fused-ring (bicyclic) bond motifs is 1. The summed E-state index contributed by atoms with van der Waals surface area (Å²) in [6.07, 6.45) is 7.14. The highest BCUT2D eigenvalue weighted by Gasteiger charge is 2.30. The molecule has 3 heterocycles. The van der Waals surface area contributed by atoms with Crippen molar-refractivity contribution in [2.24, 2.45) is 5.73 Å². The van der Waals surface area contributed by atoms with Gasteiger partial charge >= 0.3 is 0 Å². The van der Waals surface area contributed by atoms with E-state index < -0.39 is 5.91 Å². The van der Waals surface area contributed by atoms with Crippen molar-refractivity contribution in [3.05, 3.63) is 30.4 Å². The first-order chi connectivity index (χ1) is 10.2. The fourth-order valence-corrected chi connectivity index (χ4v) is 2.59. The van der Waals surface area contributed by atoms with Crippen molar-refractivity contribution in [2.45, 2.75) is 12.5 Å². The predicted molar refractivity (Wildman–Crippen MR) is 74.5 cm³/mol. The van der Waals surface area contributed by atoms with Gasteiger partial charge in [0.1, 0.15) is 0 Å². The number of rotatable bonds is 4. The van der Waals surface area contributed by atoms with Gasteiger partial charge in [-0.05, 0) is 13.0 Å². The van der Waals surface area contributed by atoms with Gasteiger partial charge in [0.15, 0.2) is 0 Å².